The molecular formula is C13H25OY-. The molecular weight excluding hydrogens is 261 g/mol. The first-order valence-corrected chi connectivity index (χ1v) is 6.18. The van der Waals surface area contributed by atoms with Gasteiger partial charge in [0.25, 0.3) is 0 Å². The molecule has 3 rings (SSSR count). The molecule has 1 radical (unpaired) electrons. The molecule has 0 heterocycles. The molecule has 1 nitrogen and oxygen atoms in total. The molecule has 0 aromatic heterocycles. The quantitative estimate of drug-likeness (QED) is 0.558. The molecule has 2 heteroatoms. The Kier molecular flexibility index (Phi) is 7.93. The Hall–Kier alpha value is 1.06. The van der Waals surface area contributed by atoms with Gasteiger partial charge in [-0.3, -0.25) is 0 Å². The summed E-state index contributed by atoms with van der Waals surface area (Å²) in [5, 5.41) is 0. The number of unbranched alkanes of at least 4 members (excludes halogenated alkanes) is 2. The molecule has 0 aliphatic heterocycles. The van der Waals surface area contributed by atoms with Gasteiger partial charge in [0.15, 0.2) is 0 Å². The average Bonchev–Trinajstić information content (AvgIpc) is 2.21. The van der Waals surface area contributed by atoms with Crippen molar-refractivity contribution in [3.8, 4) is 0 Å². The van der Waals surface area contributed by atoms with Crippen LogP contribution in [0.4, 0.5) is 0 Å². The van der Waals surface area contributed by atoms with Gasteiger partial charge in [0.05, 0.1) is 0 Å². The van der Waals surface area contributed by atoms with E-state index in [2.05, 4.69) is 6.92 Å². The molecule has 3 aliphatic carbocycles. The summed E-state index contributed by atoms with van der Waals surface area (Å²) in [6, 6.07) is 0. The van der Waals surface area contributed by atoms with Gasteiger partial charge >= 0.3 is 0 Å². The summed E-state index contributed by atoms with van der Waals surface area (Å²) in [6.07, 6.45) is 14.9. The standard InChI is InChI=1S/C13H23.H2O.Y/c1-2-3-4-8-13-9-5-12(6-10-13)7-11-13;;/h2-11H2,1H3;1H2;/q-1;;. The summed E-state index contributed by atoms with van der Waals surface area (Å²) >= 11 is 0. The minimum Gasteiger partial charge on any atom is -0.412 e. The zero-order chi connectivity index (χ0) is 9.15. The van der Waals surface area contributed by atoms with Crippen molar-refractivity contribution in [3.05, 3.63) is 5.92 Å². The zero-order valence-corrected chi connectivity index (χ0v) is 13.0. The van der Waals surface area contributed by atoms with Crippen molar-refractivity contribution >= 4 is 0 Å². The summed E-state index contributed by atoms with van der Waals surface area (Å²) in [5.41, 5.74) is 0.816. The van der Waals surface area contributed by atoms with Crippen LogP contribution in [0.15, 0.2) is 0 Å². The van der Waals surface area contributed by atoms with Crippen molar-refractivity contribution in [2.24, 2.45) is 5.41 Å². The third kappa shape index (κ3) is 4.09. The van der Waals surface area contributed by atoms with Gasteiger partial charge in [-0.2, -0.15) is 19.3 Å². The maximum absolute atomic E-state index is 2.31. The van der Waals surface area contributed by atoms with Crippen molar-refractivity contribution in [3.63, 3.8) is 0 Å². The van der Waals surface area contributed by atoms with E-state index < -0.39 is 0 Å². The zero-order valence-electron chi connectivity index (χ0n) is 10.1. The van der Waals surface area contributed by atoms with Crippen molar-refractivity contribution in [1.82, 2.24) is 0 Å². The Bertz CT molecular complexity index is 148. The fourth-order valence-corrected chi connectivity index (χ4v) is 3.20. The predicted molar refractivity (Wildman–Crippen MR) is 61.1 cm³/mol. The van der Waals surface area contributed by atoms with E-state index in [1.807, 2.05) is 5.92 Å². The van der Waals surface area contributed by atoms with Crippen LogP contribution in [0.25, 0.3) is 0 Å². The first kappa shape index (κ1) is 16.1. The van der Waals surface area contributed by atoms with E-state index in [4.69, 9.17) is 0 Å². The molecule has 0 aromatic rings. The smallest absolute Gasteiger partial charge is 0 e. The van der Waals surface area contributed by atoms with Crippen molar-refractivity contribution in [2.45, 2.75) is 71.1 Å². The van der Waals surface area contributed by atoms with E-state index >= 15 is 0 Å². The Labute approximate surface area is 120 Å². The van der Waals surface area contributed by atoms with E-state index in [1.165, 1.54) is 64.2 Å². The van der Waals surface area contributed by atoms with Crippen LogP contribution in [-0.4, -0.2) is 5.48 Å². The summed E-state index contributed by atoms with van der Waals surface area (Å²) in [4.78, 5) is 0. The topological polar surface area (TPSA) is 31.5 Å². The second-order valence-corrected chi connectivity index (χ2v) is 5.21. The molecule has 3 aliphatic rings. The van der Waals surface area contributed by atoms with Crippen molar-refractivity contribution in [1.29, 1.82) is 0 Å². The fraction of sp³-hybridized carbons (Fsp3) is 0.923. The van der Waals surface area contributed by atoms with Gasteiger partial charge in [0.1, 0.15) is 0 Å². The van der Waals surface area contributed by atoms with Crippen molar-refractivity contribution in [2.75, 3.05) is 0 Å². The number of rotatable bonds is 4. The molecule has 0 aromatic carbocycles. The van der Waals surface area contributed by atoms with E-state index in [1.54, 1.807) is 0 Å². The number of hydrogen-bond donors (Lipinski definition) is 0. The fourth-order valence-electron chi connectivity index (χ4n) is 3.20. The summed E-state index contributed by atoms with van der Waals surface area (Å²) in [7, 11) is 0. The molecule has 3 fully saturated rings. The van der Waals surface area contributed by atoms with E-state index in [0.717, 1.165) is 5.41 Å². The van der Waals surface area contributed by atoms with Crippen LogP contribution in [-0.2, 0) is 32.7 Å². The number of hydrogen-bond acceptors (Lipinski definition) is 0. The van der Waals surface area contributed by atoms with Gasteiger partial charge < -0.3 is 11.4 Å². The normalized spacial score (nSPS) is 23.0. The summed E-state index contributed by atoms with van der Waals surface area (Å²) in [5.74, 6) is 1.89. The monoisotopic (exact) mass is 286 g/mol. The van der Waals surface area contributed by atoms with Gasteiger partial charge in [-0.25, -0.2) is 0 Å². The van der Waals surface area contributed by atoms with E-state index in [0.29, 0.717) is 0 Å². The molecule has 2 N–H and O–H groups in total. The Morgan fingerprint density at radius 3 is 2.00 bits per heavy atom. The molecule has 0 atom stereocenters. The molecule has 0 unspecified atom stereocenters. The Balaban J connectivity index is 0.000000980. The van der Waals surface area contributed by atoms with Crippen LogP contribution >= 0.6 is 0 Å². The van der Waals surface area contributed by atoms with Crippen LogP contribution in [0.3, 0.4) is 0 Å². The minimum absolute atomic E-state index is 0. The molecule has 0 saturated heterocycles. The van der Waals surface area contributed by atoms with Crippen LogP contribution in [0, 0.1) is 11.3 Å². The van der Waals surface area contributed by atoms with E-state index in [-0.39, 0.29) is 38.2 Å². The second-order valence-electron chi connectivity index (χ2n) is 5.21. The second kappa shape index (κ2) is 7.40. The van der Waals surface area contributed by atoms with Gasteiger partial charge in [0.2, 0.25) is 0 Å². The van der Waals surface area contributed by atoms with Crippen molar-refractivity contribution < 1.29 is 38.2 Å². The molecule has 0 amide bonds. The van der Waals surface area contributed by atoms with Crippen LogP contribution in [0.2, 0.25) is 0 Å². The molecule has 87 valence electrons. The largest absolute Gasteiger partial charge is 0.412 e. The van der Waals surface area contributed by atoms with Crippen LogP contribution in [0.1, 0.15) is 71.1 Å². The maximum Gasteiger partial charge on any atom is 0 e. The van der Waals surface area contributed by atoms with Crippen LogP contribution < -0.4 is 0 Å². The van der Waals surface area contributed by atoms with E-state index in [9.17, 15) is 0 Å². The molecule has 15 heavy (non-hydrogen) atoms. The first-order valence-electron chi connectivity index (χ1n) is 6.18. The van der Waals surface area contributed by atoms with Gasteiger partial charge in [-0.05, 0) is 11.8 Å². The van der Waals surface area contributed by atoms with Gasteiger partial charge in [-0.1, -0.05) is 45.4 Å². The molecule has 2 bridgehead atoms. The molecule has 0 spiro atoms. The van der Waals surface area contributed by atoms with Crippen LogP contribution in [0.5, 0.6) is 0 Å². The van der Waals surface area contributed by atoms with Gasteiger partial charge in [-0.15, -0.1) is 0 Å². The number of fused-ring (bicyclic) bond motifs is 3. The SMILES string of the molecule is CCCCCC12CC[C-](CC1)CC2.O.[Y]. The molecule has 3 saturated carbocycles. The minimum atomic E-state index is 0. The summed E-state index contributed by atoms with van der Waals surface area (Å²) in [6.45, 7) is 2.31. The first-order chi connectivity index (χ1) is 6.35. The Morgan fingerprint density at radius 2 is 1.53 bits per heavy atom. The third-order valence-corrected chi connectivity index (χ3v) is 4.34. The summed E-state index contributed by atoms with van der Waals surface area (Å²) < 4.78 is 0. The third-order valence-electron chi connectivity index (χ3n) is 4.34. The Morgan fingerprint density at radius 1 is 1.00 bits per heavy atom. The average molecular weight is 286 g/mol. The maximum atomic E-state index is 2.31. The van der Waals surface area contributed by atoms with Gasteiger partial charge in [0, 0.05) is 32.7 Å². The predicted octanol–water partition coefficient (Wildman–Crippen LogP) is 3.67.